The summed E-state index contributed by atoms with van der Waals surface area (Å²) in [5, 5.41) is 27.9. The van der Waals surface area contributed by atoms with Gasteiger partial charge in [0.05, 0.1) is 11.5 Å². The molecule has 1 N–H and O–H groups in total. The molecule has 0 aliphatic heterocycles. The summed E-state index contributed by atoms with van der Waals surface area (Å²) in [7, 11) is 0. The second-order valence-electron chi connectivity index (χ2n) is 6.35. The molecule has 32 heavy (non-hydrogen) atoms. The molecule has 2 aromatic carbocycles. The van der Waals surface area contributed by atoms with E-state index in [1.54, 1.807) is 37.3 Å². The van der Waals surface area contributed by atoms with Crippen molar-refractivity contribution in [2.45, 2.75) is 25.7 Å². The van der Waals surface area contributed by atoms with Gasteiger partial charge in [-0.25, -0.2) is 4.79 Å². The fraction of sp³-hybridized carbons (Fsp3) is 0.190. The number of aryl methyl sites for hydroxylation is 1. The van der Waals surface area contributed by atoms with Crippen molar-refractivity contribution in [2.24, 2.45) is 0 Å². The van der Waals surface area contributed by atoms with Crippen molar-refractivity contribution in [3.05, 3.63) is 74.5 Å². The van der Waals surface area contributed by atoms with Crippen LogP contribution in [0.25, 0.3) is 6.08 Å². The molecule has 166 valence electrons. The van der Waals surface area contributed by atoms with Crippen molar-refractivity contribution < 1.29 is 28.7 Å². The normalized spacial score (nSPS) is 11.2. The Balaban J connectivity index is 1.78. The SMILES string of the molecule is CCOc1cc(/C=C(\Sc2nnc(C)o2)C(=O)O)ccc1OCc1ccc([N+](=O)[O-])cc1. The molecule has 0 amide bonds. The van der Waals surface area contributed by atoms with Crippen molar-refractivity contribution in [3.63, 3.8) is 0 Å². The highest BCUT2D eigenvalue weighted by Gasteiger charge is 2.15. The van der Waals surface area contributed by atoms with Gasteiger partial charge in [-0.2, -0.15) is 0 Å². The predicted octanol–water partition coefficient (Wildman–Crippen LogP) is 4.48. The van der Waals surface area contributed by atoms with Crippen LogP contribution in [0.2, 0.25) is 0 Å². The first-order valence-electron chi connectivity index (χ1n) is 9.41. The van der Waals surface area contributed by atoms with Gasteiger partial charge in [0.2, 0.25) is 5.89 Å². The lowest BCUT2D eigenvalue weighted by Crippen LogP contribution is -2.01. The molecule has 0 spiro atoms. The topological polar surface area (TPSA) is 138 Å². The van der Waals surface area contributed by atoms with Gasteiger partial charge in [-0.1, -0.05) is 6.07 Å². The maximum absolute atomic E-state index is 11.6. The van der Waals surface area contributed by atoms with E-state index >= 15 is 0 Å². The van der Waals surface area contributed by atoms with Crippen LogP contribution in [-0.2, 0) is 11.4 Å². The van der Waals surface area contributed by atoms with Crippen LogP contribution in [0.5, 0.6) is 11.5 Å². The molecule has 0 radical (unpaired) electrons. The number of nitrogens with zero attached hydrogens (tertiary/aromatic N) is 3. The summed E-state index contributed by atoms with van der Waals surface area (Å²) in [6.45, 7) is 3.99. The Hall–Kier alpha value is -3.86. The number of ether oxygens (including phenoxy) is 2. The molecule has 0 atom stereocenters. The van der Waals surface area contributed by atoms with Gasteiger partial charge in [-0.15, -0.1) is 10.2 Å². The average Bonchev–Trinajstić information content (AvgIpc) is 3.18. The number of aliphatic carboxylic acids is 1. The van der Waals surface area contributed by atoms with Gasteiger partial charge in [-0.05, 0) is 60.2 Å². The van der Waals surface area contributed by atoms with E-state index in [0.717, 1.165) is 17.3 Å². The summed E-state index contributed by atoms with van der Waals surface area (Å²) in [4.78, 5) is 21.9. The van der Waals surface area contributed by atoms with E-state index in [-0.39, 0.29) is 22.4 Å². The molecule has 1 aromatic heterocycles. The minimum atomic E-state index is -1.14. The molecular formula is C21H19N3O7S. The van der Waals surface area contributed by atoms with Gasteiger partial charge >= 0.3 is 5.97 Å². The number of hydrogen-bond acceptors (Lipinski definition) is 9. The van der Waals surface area contributed by atoms with Crippen LogP contribution in [0.15, 0.2) is 57.0 Å². The number of carboxylic acid groups (broad SMARTS) is 1. The Labute approximate surface area is 187 Å². The van der Waals surface area contributed by atoms with E-state index < -0.39 is 10.9 Å². The van der Waals surface area contributed by atoms with Crippen LogP contribution in [0.3, 0.4) is 0 Å². The first-order valence-corrected chi connectivity index (χ1v) is 10.2. The summed E-state index contributed by atoms with van der Waals surface area (Å²) < 4.78 is 16.7. The Morgan fingerprint density at radius 2 is 1.94 bits per heavy atom. The number of carboxylic acids is 1. The number of benzene rings is 2. The van der Waals surface area contributed by atoms with Gasteiger partial charge in [0.1, 0.15) is 11.5 Å². The lowest BCUT2D eigenvalue weighted by molar-refractivity contribution is -0.384. The zero-order chi connectivity index (χ0) is 23.1. The van der Waals surface area contributed by atoms with Gasteiger partial charge < -0.3 is 19.0 Å². The predicted molar refractivity (Wildman–Crippen MR) is 116 cm³/mol. The first kappa shape index (κ1) is 22.8. The number of nitro benzene ring substituents is 1. The molecule has 0 saturated carbocycles. The molecule has 3 rings (SSSR count). The second-order valence-corrected chi connectivity index (χ2v) is 7.35. The van der Waals surface area contributed by atoms with E-state index in [1.165, 1.54) is 18.2 Å². The lowest BCUT2D eigenvalue weighted by Gasteiger charge is -2.13. The number of aromatic nitrogens is 2. The molecule has 0 aliphatic rings. The molecule has 3 aromatic rings. The minimum Gasteiger partial charge on any atom is -0.490 e. The first-order chi connectivity index (χ1) is 15.4. The van der Waals surface area contributed by atoms with Crippen molar-refractivity contribution in [1.29, 1.82) is 0 Å². The quantitative estimate of drug-likeness (QED) is 0.201. The fourth-order valence-electron chi connectivity index (χ4n) is 2.58. The van der Waals surface area contributed by atoms with E-state index in [2.05, 4.69) is 10.2 Å². The monoisotopic (exact) mass is 457 g/mol. The van der Waals surface area contributed by atoms with Gasteiger partial charge in [0.15, 0.2) is 11.5 Å². The Morgan fingerprint density at radius 3 is 2.53 bits per heavy atom. The van der Waals surface area contributed by atoms with Crippen LogP contribution in [0, 0.1) is 17.0 Å². The summed E-state index contributed by atoms with van der Waals surface area (Å²) in [6.07, 6.45) is 1.47. The number of rotatable bonds is 10. The number of carbonyl (C=O) groups is 1. The summed E-state index contributed by atoms with van der Waals surface area (Å²) in [6, 6.07) is 11.1. The summed E-state index contributed by atoms with van der Waals surface area (Å²) in [5.74, 6) is 0.0960. The second kappa shape index (κ2) is 10.4. The van der Waals surface area contributed by atoms with Crippen molar-refractivity contribution in [2.75, 3.05) is 6.61 Å². The van der Waals surface area contributed by atoms with E-state index in [9.17, 15) is 20.0 Å². The molecule has 0 fully saturated rings. The highest BCUT2D eigenvalue weighted by atomic mass is 32.2. The molecule has 0 aliphatic carbocycles. The molecule has 1 heterocycles. The minimum absolute atomic E-state index is 0.00249. The zero-order valence-corrected chi connectivity index (χ0v) is 18.0. The molecule has 0 unspecified atom stereocenters. The molecule has 11 heteroatoms. The highest BCUT2D eigenvalue weighted by molar-refractivity contribution is 8.03. The fourth-order valence-corrected chi connectivity index (χ4v) is 3.29. The van der Waals surface area contributed by atoms with Crippen molar-refractivity contribution in [1.82, 2.24) is 10.2 Å². The summed E-state index contributed by atoms with van der Waals surface area (Å²) >= 11 is 0.848. The maximum atomic E-state index is 11.6. The van der Waals surface area contributed by atoms with Crippen LogP contribution >= 0.6 is 11.8 Å². The third-order valence-electron chi connectivity index (χ3n) is 4.02. The molecule has 0 bridgehead atoms. The Kier molecular flexibility index (Phi) is 7.45. The zero-order valence-electron chi connectivity index (χ0n) is 17.2. The average molecular weight is 457 g/mol. The van der Waals surface area contributed by atoms with Gasteiger partial charge in [-0.3, -0.25) is 10.1 Å². The van der Waals surface area contributed by atoms with Crippen LogP contribution in [-0.4, -0.2) is 32.8 Å². The maximum Gasteiger partial charge on any atom is 0.342 e. The number of nitro groups is 1. The molecule has 0 saturated heterocycles. The number of thioether (sulfide) groups is 1. The molecule has 10 nitrogen and oxygen atoms in total. The largest absolute Gasteiger partial charge is 0.490 e. The molecular weight excluding hydrogens is 438 g/mol. The van der Waals surface area contributed by atoms with E-state index in [1.807, 2.05) is 6.92 Å². The lowest BCUT2D eigenvalue weighted by atomic mass is 10.2. The van der Waals surface area contributed by atoms with Crippen LogP contribution < -0.4 is 9.47 Å². The smallest absolute Gasteiger partial charge is 0.342 e. The van der Waals surface area contributed by atoms with E-state index in [4.69, 9.17) is 13.9 Å². The van der Waals surface area contributed by atoms with Crippen molar-refractivity contribution >= 4 is 29.5 Å². The Morgan fingerprint density at radius 1 is 1.19 bits per heavy atom. The third-order valence-corrected chi connectivity index (χ3v) is 4.87. The van der Waals surface area contributed by atoms with Crippen LogP contribution in [0.4, 0.5) is 5.69 Å². The number of hydrogen-bond donors (Lipinski definition) is 1. The van der Waals surface area contributed by atoms with Crippen molar-refractivity contribution in [3.8, 4) is 11.5 Å². The Bertz CT molecular complexity index is 1140. The van der Waals surface area contributed by atoms with Gasteiger partial charge in [0.25, 0.3) is 10.9 Å². The van der Waals surface area contributed by atoms with Gasteiger partial charge in [0, 0.05) is 19.1 Å². The standard InChI is InChI=1S/C21H19N3O7S/c1-3-29-18-10-15(11-19(20(25)26)32-21-23-22-13(2)31-21)6-9-17(18)30-12-14-4-7-16(8-5-14)24(27)28/h4-11H,3,12H2,1-2H3,(H,25,26)/b19-11-. The highest BCUT2D eigenvalue weighted by Crippen LogP contribution is 2.32. The third kappa shape index (κ3) is 6.08. The number of non-ortho nitro benzene ring substituents is 1. The van der Waals surface area contributed by atoms with Crippen LogP contribution in [0.1, 0.15) is 23.9 Å². The van der Waals surface area contributed by atoms with E-state index in [0.29, 0.717) is 29.6 Å². The summed E-state index contributed by atoms with van der Waals surface area (Å²) in [5.41, 5.74) is 1.33.